The minimum Gasteiger partial charge on any atom is -0.378 e. The van der Waals surface area contributed by atoms with Crippen LogP contribution < -0.4 is 5.32 Å². The van der Waals surface area contributed by atoms with Gasteiger partial charge in [0.15, 0.2) is 0 Å². The maximum Gasteiger partial charge on any atom is 0.449 e. The van der Waals surface area contributed by atoms with Crippen molar-refractivity contribution in [3.8, 4) is 0 Å². The summed E-state index contributed by atoms with van der Waals surface area (Å²) in [6, 6.07) is 13.5. The van der Waals surface area contributed by atoms with Crippen LogP contribution in [0.4, 0.5) is 13.2 Å². The van der Waals surface area contributed by atoms with Crippen molar-refractivity contribution < 1.29 is 27.4 Å². The molecule has 1 aliphatic rings. The summed E-state index contributed by atoms with van der Waals surface area (Å²) in [6.07, 6.45) is -2.30. The van der Waals surface area contributed by atoms with Crippen molar-refractivity contribution in [3.05, 3.63) is 65.5 Å². The lowest BCUT2D eigenvalue weighted by atomic mass is 9.98. The number of rotatable bonds is 8. The number of alkyl halides is 3. The molecule has 2 N–H and O–H groups in total. The van der Waals surface area contributed by atoms with Crippen molar-refractivity contribution in [1.82, 2.24) is 15.3 Å². The van der Waals surface area contributed by atoms with Crippen LogP contribution in [-0.4, -0.2) is 41.8 Å². The maximum absolute atomic E-state index is 13.0. The zero-order valence-electron chi connectivity index (χ0n) is 17.3. The monoisotopic (exact) mass is 447 g/mol. The van der Waals surface area contributed by atoms with E-state index in [1.807, 2.05) is 30.3 Å². The van der Waals surface area contributed by atoms with Crippen LogP contribution in [0.1, 0.15) is 42.3 Å². The first kappa shape index (κ1) is 22.3. The number of hydrogen-bond acceptors (Lipinski definition) is 4. The summed E-state index contributed by atoms with van der Waals surface area (Å²) in [5.74, 6) is -1.26. The zero-order chi connectivity index (χ0) is 22.6. The molecule has 4 rings (SSSR count). The Morgan fingerprint density at radius 1 is 1.22 bits per heavy atom. The fourth-order valence-electron chi connectivity index (χ4n) is 3.73. The predicted octanol–water partition coefficient (Wildman–Crippen LogP) is 4.37. The van der Waals surface area contributed by atoms with Crippen LogP contribution in [0.3, 0.4) is 0 Å². The Morgan fingerprint density at radius 2 is 2.03 bits per heavy atom. The number of carbonyl (C=O) groups excluding carboxylic acids is 1. The van der Waals surface area contributed by atoms with Gasteiger partial charge in [-0.05, 0) is 36.1 Å². The Hall–Kier alpha value is -2.91. The van der Waals surface area contributed by atoms with Crippen molar-refractivity contribution >= 4 is 16.9 Å². The van der Waals surface area contributed by atoms with Crippen LogP contribution in [-0.2, 0) is 20.4 Å². The van der Waals surface area contributed by atoms with Gasteiger partial charge in [-0.2, -0.15) is 13.2 Å². The number of H-pyrrole nitrogens is 1. The van der Waals surface area contributed by atoms with Crippen molar-refractivity contribution in [1.29, 1.82) is 0 Å². The molecule has 0 radical (unpaired) electrons. The molecular formula is C23H24F3N3O3. The normalized spacial score (nSPS) is 17.5. The SMILES string of the molecule is O=C(CCOCC1CCCO1)NC(c1ccccc1)c1ccc2nc(C(F)(F)F)[nH]c2c1. The molecule has 32 heavy (non-hydrogen) atoms. The fraction of sp³-hybridized carbons (Fsp3) is 0.391. The van der Waals surface area contributed by atoms with Gasteiger partial charge >= 0.3 is 6.18 Å². The molecule has 0 spiro atoms. The van der Waals surface area contributed by atoms with E-state index in [0.717, 1.165) is 25.0 Å². The lowest BCUT2D eigenvalue weighted by molar-refractivity contribution is -0.144. The minimum atomic E-state index is -4.56. The molecule has 1 aromatic heterocycles. The lowest BCUT2D eigenvalue weighted by Crippen LogP contribution is -2.30. The van der Waals surface area contributed by atoms with Gasteiger partial charge in [-0.3, -0.25) is 4.79 Å². The standard InChI is InChI=1S/C23H24F3N3O3/c24-23(25,26)22-27-18-9-8-16(13-19(18)28-22)21(15-5-2-1-3-6-15)29-20(30)10-12-31-14-17-7-4-11-32-17/h1-3,5-6,8-9,13,17,21H,4,7,10-12,14H2,(H,27,28)(H,29,30). The van der Waals surface area contributed by atoms with Gasteiger partial charge in [0.25, 0.3) is 0 Å². The van der Waals surface area contributed by atoms with Crippen LogP contribution in [0.5, 0.6) is 0 Å². The number of aromatic amines is 1. The molecule has 2 heterocycles. The number of imidazole rings is 1. The van der Waals surface area contributed by atoms with E-state index in [2.05, 4.69) is 15.3 Å². The largest absolute Gasteiger partial charge is 0.449 e. The van der Waals surface area contributed by atoms with Crippen molar-refractivity contribution in [2.75, 3.05) is 19.8 Å². The number of benzene rings is 2. The number of aromatic nitrogens is 2. The maximum atomic E-state index is 13.0. The Bertz CT molecular complexity index is 1050. The molecule has 0 bridgehead atoms. The highest BCUT2D eigenvalue weighted by atomic mass is 19.4. The first-order valence-electron chi connectivity index (χ1n) is 10.5. The quantitative estimate of drug-likeness (QED) is 0.503. The van der Waals surface area contributed by atoms with Gasteiger partial charge in [-0.15, -0.1) is 0 Å². The van der Waals surface area contributed by atoms with Gasteiger partial charge in [0.05, 0.1) is 36.4 Å². The first-order valence-corrected chi connectivity index (χ1v) is 10.5. The third-order valence-electron chi connectivity index (χ3n) is 5.35. The van der Waals surface area contributed by atoms with Crippen LogP contribution in [0.2, 0.25) is 0 Å². The summed E-state index contributed by atoms with van der Waals surface area (Å²) in [4.78, 5) is 18.5. The second-order valence-corrected chi connectivity index (χ2v) is 7.73. The van der Waals surface area contributed by atoms with E-state index in [9.17, 15) is 18.0 Å². The zero-order valence-corrected chi connectivity index (χ0v) is 17.3. The van der Waals surface area contributed by atoms with Gasteiger partial charge in [0.1, 0.15) is 0 Å². The summed E-state index contributed by atoms with van der Waals surface area (Å²) < 4.78 is 50.1. The lowest BCUT2D eigenvalue weighted by Gasteiger charge is -2.20. The second kappa shape index (κ2) is 9.70. The average molecular weight is 447 g/mol. The van der Waals surface area contributed by atoms with E-state index in [4.69, 9.17) is 9.47 Å². The number of carbonyl (C=O) groups is 1. The highest BCUT2D eigenvalue weighted by molar-refractivity contribution is 5.79. The van der Waals surface area contributed by atoms with Crippen LogP contribution in [0.25, 0.3) is 11.0 Å². The molecule has 2 atom stereocenters. The molecular weight excluding hydrogens is 423 g/mol. The Labute approximate surface area is 183 Å². The van der Waals surface area contributed by atoms with E-state index in [1.54, 1.807) is 12.1 Å². The highest BCUT2D eigenvalue weighted by Crippen LogP contribution is 2.30. The third kappa shape index (κ3) is 5.46. The topological polar surface area (TPSA) is 76.2 Å². The molecule has 6 nitrogen and oxygen atoms in total. The van der Waals surface area contributed by atoms with E-state index in [-0.39, 0.29) is 36.1 Å². The number of amides is 1. The van der Waals surface area contributed by atoms with Gasteiger partial charge in [0.2, 0.25) is 11.7 Å². The number of nitrogens with one attached hydrogen (secondary N) is 2. The van der Waals surface area contributed by atoms with E-state index in [0.29, 0.717) is 12.2 Å². The predicted molar refractivity (Wildman–Crippen MR) is 112 cm³/mol. The smallest absolute Gasteiger partial charge is 0.378 e. The number of halogens is 3. The molecule has 3 aromatic rings. The summed E-state index contributed by atoms with van der Waals surface area (Å²) in [7, 11) is 0. The van der Waals surface area contributed by atoms with E-state index >= 15 is 0 Å². The van der Waals surface area contributed by atoms with Crippen LogP contribution >= 0.6 is 0 Å². The van der Waals surface area contributed by atoms with E-state index in [1.165, 1.54) is 6.07 Å². The van der Waals surface area contributed by atoms with Crippen LogP contribution in [0, 0.1) is 0 Å². The number of nitrogens with zero attached hydrogens (tertiary/aromatic N) is 1. The molecule has 1 aliphatic heterocycles. The Balaban J connectivity index is 1.47. The number of hydrogen-bond donors (Lipinski definition) is 2. The summed E-state index contributed by atoms with van der Waals surface area (Å²) in [5, 5.41) is 2.97. The molecule has 1 saturated heterocycles. The Kier molecular flexibility index (Phi) is 6.76. The minimum absolute atomic E-state index is 0.0952. The van der Waals surface area contributed by atoms with Gasteiger partial charge in [-0.25, -0.2) is 4.98 Å². The molecule has 1 amide bonds. The van der Waals surface area contributed by atoms with E-state index < -0.39 is 18.0 Å². The van der Waals surface area contributed by atoms with Gasteiger partial charge in [0, 0.05) is 13.0 Å². The third-order valence-corrected chi connectivity index (χ3v) is 5.35. The first-order chi connectivity index (χ1) is 15.4. The molecule has 1 fully saturated rings. The highest BCUT2D eigenvalue weighted by Gasteiger charge is 2.34. The summed E-state index contributed by atoms with van der Waals surface area (Å²) >= 11 is 0. The van der Waals surface area contributed by atoms with Crippen molar-refractivity contribution in [2.24, 2.45) is 0 Å². The van der Waals surface area contributed by atoms with Crippen molar-refractivity contribution in [3.63, 3.8) is 0 Å². The van der Waals surface area contributed by atoms with Crippen molar-refractivity contribution in [2.45, 2.75) is 37.6 Å². The summed E-state index contributed by atoms with van der Waals surface area (Å²) in [5.41, 5.74) is 1.93. The second-order valence-electron chi connectivity index (χ2n) is 7.73. The molecule has 9 heteroatoms. The average Bonchev–Trinajstić information content (AvgIpc) is 3.45. The van der Waals surface area contributed by atoms with Crippen LogP contribution in [0.15, 0.2) is 48.5 Å². The molecule has 2 unspecified atom stereocenters. The molecule has 0 aliphatic carbocycles. The van der Waals surface area contributed by atoms with Gasteiger partial charge in [-0.1, -0.05) is 36.4 Å². The summed E-state index contributed by atoms with van der Waals surface area (Å²) in [6.45, 7) is 1.48. The molecule has 170 valence electrons. The molecule has 2 aromatic carbocycles. The number of fused-ring (bicyclic) bond motifs is 1. The van der Waals surface area contributed by atoms with Gasteiger partial charge < -0.3 is 19.8 Å². The Morgan fingerprint density at radius 3 is 2.75 bits per heavy atom. The number of ether oxygens (including phenoxy) is 2. The fourth-order valence-corrected chi connectivity index (χ4v) is 3.73. The molecule has 0 saturated carbocycles.